The molecule has 0 radical (unpaired) electrons. The Bertz CT molecular complexity index is 47.7. The van der Waals surface area contributed by atoms with Gasteiger partial charge in [0.25, 0.3) is 0 Å². The molecule has 0 aliphatic carbocycles. The van der Waals surface area contributed by atoms with Gasteiger partial charge in [-0.05, 0) is 6.92 Å². The van der Waals surface area contributed by atoms with Crippen LogP contribution in [-0.2, 0) is 0 Å². The van der Waals surface area contributed by atoms with Gasteiger partial charge < -0.3 is 5.73 Å². The Kier molecular flexibility index (Phi) is 3.45. The Morgan fingerprint density at radius 2 is 2.14 bits per heavy atom. The molecule has 0 bridgehead atoms. The minimum absolute atomic E-state index is 0.0903. The average molecular weight is 231 g/mol. The number of halogens is 2. The lowest BCUT2D eigenvalue weighted by atomic mass is 10.2. The van der Waals surface area contributed by atoms with Crippen molar-refractivity contribution in [3.8, 4) is 0 Å². The van der Waals surface area contributed by atoms with Gasteiger partial charge in [0.05, 0.1) is 0 Å². The second-order valence-electron chi connectivity index (χ2n) is 1.75. The van der Waals surface area contributed by atoms with Crippen LogP contribution in [0, 0.1) is 0 Å². The van der Waals surface area contributed by atoms with Gasteiger partial charge >= 0.3 is 0 Å². The largest absolute Gasteiger partial charge is 0.329 e. The van der Waals surface area contributed by atoms with Crippen LogP contribution in [0.4, 0.5) is 0 Å². The molecular formula is C4H9Br2N. The SMILES string of the molecule is CC(Br)(CN)CBr. The van der Waals surface area contributed by atoms with Crippen molar-refractivity contribution in [3.05, 3.63) is 0 Å². The summed E-state index contributed by atoms with van der Waals surface area (Å²) in [6, 6.07) is 0. The second kappa shape index (κ2) is 3.05. The van der Waals surface area contributed by atoms with Crippen molar-refractivity contribution in [2.24, 2.45) is 5.73 Å². The Labute approximate surface area is 60.9 Å². The standard InChI is InChI=1S/C4H9Br2N/c1-4(6,2-5)3-7/h2-3,7H2,1H3. The molecule has 0 aromatic rings. The minimum atomic E-state index is 0.0903. The van der Waals surface area contributed by atoms with Crippen LogP contribution in [0.2, 0.25) is 0 Å². The smallest absolute Gasteiger partial charge is 0.0448 e. The first-order valence-corrected chi connectivity index (χ1v) is 3.99. The summed E-state index contributed by atoms with van der Waals surface area (Å²) in [6.45, 7) is 2.71. The molecule has 44 valence electrons. The van der Waals surface area contributed by atoms with E-state index in [1.807, 2.05) is 6.92 Å². The molecule has 1 atom stereocenters. The van der Waals surface area contributed by atoms with Crippen molar-refractivity contribution in [1.29, 1.82) is 0 Å². The molecule has 0 saturated heterocycles. The van der Waals surface area contributed by atoms with E-state index < -0.39 is 0 Å². The van der Waals surface area contributed by atoms with Crippen molar-refractivity contribution in [2.45, 2.75) is 11.2 Å². The van der Waals surface area contributed by atoms with Crippen LogP contribution in [0.1, 0.15) is 6.92 Å². The van der Waals surface area contributed by atoms with Gasteiger partial charge in [-0.3, -0.25) is 0 Å². The van der Waals surface area contributed by atoms with Crippen molar-refractivity contribution in [1.82, 2.24) is 0 Å². The maximum absolute atomic E-state index is 5.34. The maximum Gasteiger partial charge on any atom is 0.0448 e. The molecule has 0 rings (SSSR count). The van der Waals surface area contributed by atoms with E-state index in [4.69, 9.17) is 5.73 Å². The van der Waals surface area contributed by atoms with Crippen molar-refractivity contribution in [2.75, 3.05) is 11.9 Å². The highest BCUT2D eigenvalue weighted by atomic mass is 79.9. The first-order chi connectivity index (χ1) is 3.12. The van der Waals surface area contributed by atoms with Gasteiger partial charge in [-0.15, -0.1) is 0 Å². The predicted molar refractivity (Wildman–Crippen MR) is 40.2 cm³/mol. The van der Waals surface area contributed by atoms with E-state index in [1.54, 1.807) is 0 Å². The average Bonchev–Trinajstić information content (AvgIpc) is 1.68. The summed E-state index contributed by atoms with van der Waals surface area (Å²) in [6.07, 6.45) is 0. The molecule has 0 spiro atoms. The van der Waals surface area contributed by atoms with E-state index in [2.05, 4.69) is 31.9 Å². The fourth-order valence-corrected chi connectivity index (χ4v) is 0.283. The molecule has 0 fully saturated rings. The van der Waals surface area contributed by atoms with Gasteiger partial charge in [0.15, 0.2) is 0 Å². The van der Waals surface area contributed by atoms with Gasteiger partial charge in [-0.1, -0.05) is 31.9 Å². The molecule has 3 heteroatoms. The summed E-state index contributed by atoms with van der Waals surface area (Å²) in [5, 5.41) is 0.899. The molecule has 7 heavy (non-hydrogen) atoms. The minimum Gasteiger partial charge on any atom is -0.329 e. The Hall–Kier alpha value is 0.920. The Balaban J connectivity index is 3.36. The molecule has 0 aromatic heterocycles. The summed E-state index contributed by atoms with van der Waals surface area (Å²) in [5.41, 5.74) is 5.34. The number of nitrogens with two attached hydrogens (primary N) is 1. The zero-order valence-electron chi connectivity index (χ0n) is 4.25. The van der Waals surface area contributed by atoms with E-state index >= 15 is 0 Å². The van der Waals surface area contributed by atoms with E-state index in [9.17, 15) is 0 Å². The van der Waals surface area contributed by atoms with E-state index in [1.165, 1.54) is 0 Å². The third-order valence-corrected chi connectivity index (χ3v) is 3.30. The third kappa shape index (κ3) is 3.50. The lowest BCUT2D eigenvalue weighted by Gasteiger charge is -2.14. The van der Waals surface area contributed by atoms with Crippen molar-refractivity contribution >= 4 is 31.9 Å². The monoisotopic (exact) mass is 229 g/mol. The highest BCUT2D eigenvalue weighted by Crippen LogP contribution is 2.16. The van der Waals surface area contributed by atoms with Crippen LogP contribution in [-0.4, -0.2) is 16.2 Å². The highest BCUT2D eigenvalue weighted by Gasteiger charge is 2.14. The molecule has 1 nitrogen and oxygen atoms in total. The number of rotatable bonds is 2. The molecule has 0 aliphatic rings. The van der Waals surface area contributed by atoms with Crippen molar-refractivity contribution < 1.29 is 0 Å². The predicted octanol–water partition coefficient (Wildman–Crippen LogP) is 1.49. The normalized spacial score (nSPS) is 18.9. The van der Waals surface area contributed by atoms with Gasteiger partial charge in [0.1, 0.15) is 0 Å². The number of hydrogen-bond acceptors (Lipinski definition) is 1. The van der Waals surface area contributed by atoms with Gasteiger partial charge in [0, 0.05) is 16.2 Å². The molecule has 2 N–H and O–H groups in total. The lowest BCUT2D eigenvalue weighted by molar-refractivity contribution is 0.756. The zero-order chi connectivity index (χ0) is 5.91. The Morgan fingerprint density at radius 1 is 1.71 bits per heavy atom. The quantitative estimate of drug-likeness (QED) is 0.716. The van der Waals surface area contributed by atoms with Crippen molar-refractivity contribution in [3.63, 3.8) is 0 Å². The van der Waals surface area contributed by atoms with Gasteiger partial charge in [-0.2, -0.15) is 0 Å². The van der Waals surface area contributed by atoms with Crippen LogP contribution < -0.4 is 5.73 Å². The lowest BCUT2D eigenvalue weighted by Crippen LogP contribution is -2.28. The molecular weight excluding hydrogens is 222 g/mol. The second-order valence-corrected chi connectivity index (χ2v) is 4.23. The molecule has 1 unspecified atom stereocenters. The zero-order valence-corrected chi connectivity index (χ0v) is 7.42. The summed E-state index contributed by atoms with van der Waals surface area (Å²) < 4.78 is 0.0903. The van der Waals surface area contributed by atoms with Crippen LogP contribution in [0.5, 0.6) is 0 Å². The topological polar surface area (TPSA) is 26.0 Å². The van der Waals surface area contributed by atoms with E-state index in [-0.39, 0.29) is 4.32 Å². The van der Waals surface area contributed by atoms with E-state index in [0.29, 0.717) is 6.54 Å². The highest BCUT2D eigenvalue weighted by molar-refractivity contribution is 9.12. The first-order valence-electron chi connectivity index (χ1n) is 2.07. The summed E-state index contributed by atoms with van der Waals surface area (Å²) in [4.78, 5) is 0. The third-order valence-electron chi connectivity index (χ3n) is 0.704. The molecule has 0 amide bonds. The van der Waals surface area contributed by atoms with Crippen LogP contribution in [0.25, 0.3) is 0 Å². The maximum atomic E-state index is 5.34. The summed E-state index contributed by atoms with van der Waals surface area (Å²) in [7, 11) is 0. The van der Waals surface area contributed by atoms with Crippen LogP contribution >= 0.6 is 31.9 Å². The molecule has 0 saturated carbocycles. The van der Waals surface area contributed by atoms with Gasteiger partial charge in [-0.25, -0.2) is 0 Å². The molecule has 0 aliphatic heterocycles. The van der Waals surface area contributed by atoms with Gasteiger partial charge in [0.2, 0.25) is 0 Å². The first kappa shape index (κ1) is 7.92. The fraction of sp³-hybridized carbons (Fsp3) is 1.00. The van der Waals surface area contributed by atoms with Crippen LogP contribution in [0.3, 0.4) is 0 Å². The number of hydrogen-bond donors (Lipinski definition) is 1. The Morgan fingerprint density at radius 3 is 2.14 bits per heavy atom. The summed E-state index contributed by atoms with van der Waals surface area (Å²) in [5.74, 6) is 0. The molecule has 0 heterocycles. The number of alkyl halides is 2. The fourth-order valence-electron chi connectivity index (χ4n) is 0.0546. The van der Waals surface area contributed by atoms with E-state index in [0.717, 1.165) is 5.33 Å². The summed E-state index contributed by atoms with van der Waals surface area (Å²) >= 11 is 6.71. The van der Waals surface area contributed by atoms with Crippen LogP contribution in [0.15, 0.2) is 0 Å². The molecule has 0 aromatic carbocycles.